The number of alkyl halides is 3. The summed E-state index contributed by atoms with van der Waals surface area (Å²) in [7, 11) is 0. The number of hydrogen-bond acceptors (Lipinski definition) is 5. The Hall–Kier alpha value is -3.14. The molecule has 1 aliphatic heterocycles. The molecule has 2 heterocycles. The Morgan fingerprint density at radius 1 is 1.19 bits per heavy atom. The maximum absolute atomic E-state index is 11.2. The van der Waals surface area contributed by atoms with Crippen LogP contribution in [0, 0.1) is 5.92 Å². The van der Waals surface area contributed by atoms with E-state index < -0.39 is 18.1 Å². The molecule has 7 nitrogen and oxygen atoms in total. The number of rotatable bonds is 4. The van der Waals surface area contributed by atoms with Crippen molar-refractivity contribution in [3.8, 4) is 11.1 Å². The van der Waals surface area contributed by atoms with E-state index in [2.05, 4.69) is 48.0 Å². The molecule has 1 saturated heterocycles. The molecule has 2 aromatic rings. The summed E-state index contributed by atoms with van der Waals surface area (Å²) < 4.78 is 31.7. The average Bonchev–Trinajstić information content (AvgIpc) is 3.28. The highest BCUT2D eigenvalue weighted by Gasteiger charge is 2.60. The summed E-state index contributed by atoms with van der Waals surface area (Å²) in [5.41, 5.74) is 9.15. The highest BCUT2D eigenvalue weighted by molar-refractivity contribution is 5.94. The second kappa shape index (κ2) is 8.42. The Balaban J connectivity index is 0.000000360. The molecule has 10 heteroatoms. The number of piperidine rings is 1. The van der Waals surface area contributed by atoms with Crippen LogP contribution in [0.15, 0.2) is 36.5 Å². The molecule has 0 unspecified atom stereocenters. The number of nitrogens with two attached hydrogens (primary N) is 1. The fourth-order valence-electron chi connectivity index (χ4n) is 4.16. The second-order valence-electron chi connectivity index (χ2n) is 8.42. The maximum atomic E-state index is 11.2. The number of carboxylic acids is 2. The molecule has 4 N–H and O–H groups in total. The normalized spacial score (nSPS) is 22.1. The van der Waals surface area contributed by atoms with Crippen molar-refractivity contribution in [1.29, 1.82) is 0 Å². The van der Waals surface area contributed by atoms with Gasteiger partial charge < -0.3 is 15.9 Å². The summed E-state index contributed by atoms with van der Waals surface area (Å²) >= 11 is 0. The van der Waals surface area contributed by atoms with Crippen LogP contribution >= 0.6 is 0 Å². The van der Waals surface area contributed by atoms with Gasteiger partial charge in [-0.05, 0) is 43.4 Å². The number of carboxylic acid groups (broad SMARTS) is 2. The molecule has 2 fully saturated rings. The van der Waals surface area contributed by atoms with Crippen LogP contribution in [0.5, 0.6) is 0 Å². The van der Waals surface area contributed by atoms with Gasteiger partial charge in [0.15, 0.2) is 0 Å². The first-order valence-corrected chi connectivity index (χ1v) is 9.99. The van der Waals surface area contributed by atoms with Crippen molar-refractivity contribution in [2.75, 3.05) is 18.8 Å². The third kappa shape index (κ3) is 4.69. The molecule has 4 rings (SSSR count). The number of aliphatic carboxylic acids is 1. The zero-order valence-electron chi connectivity index (χ0n) is 17.6. The number of halogens is 3. The van der Waals surface area contributed by atoms with E-state index >= 15 is 0 Å². The summed E-state index contributed by atoms with van der Waals surface area (Å²) in [6.45, 7) is 6.86. The standard InChI is InChI=1S/C20H23N3O2.C2HF3O2/c1-12(2)23-10-16-8-20(16,11-23)15-5-3-13(4-6-15)14-7-17(19(24)25)18(21)22-9-14;3-2(4,5)1(6)7/h3-7,9,12,16H,8,10-11H2,1-2H3,(H2,21,22)(H,24,25);(H,6,7)/t16-,20+;/m0./s1. The van der Waals surface area contributed by atoms with Crippen LogP contribution in [0.1, 0.15) is 36.2 Å². The minimum atomic E-state index is -5.08. The summed E-state index contributed by atoms with van der Waals surface area (Å²) in [5.74, 6) is -2.99. The van der Waals surface area contributed by atoms with E-state index in [9.17, 15) is 23.1 Å². The van der Waals surface area contributed by atoms with E-state index in [-0.39, 0.29) is 11.4 Å². The Labute approximate surface area is 182 Å². The SMILES string of the molecule is CC(C)N1C[C@@H]2C[C@]2(c2ccc(-c3cnc(N)c(C(=O)O)c3)cc2)C1.O=C(O)C(F)(F)F. The van der Waals surface area contributed by atoms with Crippen LogP contribution in [0.4, 0.5) is 19.0 Å². The lowest BCUT2D eigenvalue weighted by Crippen LogP contribution is -2.32. The first-order valence-electron chi connectivity index (χ1n) is 9.99. The quantitative estimate of drug-likeness (QED) is 0.650. The zero-order valence-corrected chi connectivity index (χ0v) is 17.6. The third-order valence-corrected chi connectivity index (χ3v) is 6.09. The van der Waals surface area contributed by atoms with Crippen molar-refractivity contribution in [1.82, 2.24) is 9.88 Å². The first-order chi connectivity index (χ1) is 14.8. The van der Waals surface area contributed by atoms with Crippen molar-refractivity contribution in [2.45, 2.75) is 37.9 Å². The van der Waals surface area contributed by atoms with Crippen LogP contribution in [0.25, 0.3) is 11.1 Å². The van der Waals surface area contributed by atoms with E-state index in [1.807, 2.05) is 0 Å². The molecule has 1 aromatic heterocycles. The maximum Gasteiger partial charge on any atom is 0.490 e. The molecule has 1 aliphatic carbocycles. The fourth-order valence-corrected chi connectivity index (χ4v) is 4.16. The van der Waals surface area contributed by atoms with Crippen LogP contribution in [0.3, 0.4) is 0 Å². The predicted octanol–water partition coefficient (Wildman–Crippen LogP) is 3.64. The number of likely N-dealkylation sites (tertiary alicyclic amines) is 1. The number of pyridine rings is 1. The number of anilines is 1. The van der Waals surface area contributed by atoms with Crippen LogP contribution in [-0.4, -0.2) is 57.3 Å². The Morgan fingerprint density at radius 2 is 1.78 bits per heavy atom. The largest absolute Gasteiger partial charge is 0.490 e. The third-order valence-electron chi connectivity index (χ3n) is 6.09. The minimum Gasteiger partial charge on any atom is -0.478 e. The van der Waals surface area contributed by atoms with E-state index in [0.29, 0.717) is 11.5 Å². The van der Waals surface area contributed by atoms with Gasteiger partial charge in [0, 0.05) is 36.3 Å². The monoisotopic (exact) mass is 451 g/mol. The number of nitrogens with zero attached hydrogens (tertiary/aromatic N) is 2. The smallest absolute Gasteiger partial charge is 0.478 e. The lowest BCUT2D eigenvalue weighted by atomic mass is 9.93. The van der Waals surface area contributed by atoms with Gasteiger partial charge in [-0.1, -0.05) is 24.3 Å². The Kier molecular flexibility index (Phi) is 6.19. The summed E-state index contributed by atoms with van der Waals surface area (Å²) in [6.07, 6.45) is -2.17. The van der Waals surface area contributed by atoms with Crippen LogP contribution < -0.4 is 5.73 Å². The number of hydrogen-bond donors (Lipinski definition) is 3. The van der Waals surface area contributed by atoms with Gasteiger partial charge in [0.1, 0.15) is 11.4 Å². The van der Waals surface area contributed by atoms with Gasteiger partial charge in [-0.15, -0.1) is 0 Å². The molecular weight excluding hydrogens is 427 g/mol. The predicted molar refractivity (Wildman–Crippen MR) is 111 cm³/mol. The van der Waals surface area contributed by atoms with Gasteiger partial charge in [-0.2, -0.15) is 13.2 Å². The zero-order chi connectivity index (χ0) is 23.8. The van der Waals surface area contributed by atoms with Crippen molar-refractivity contribution < 1.29 is 33.0 Å². The molecule has 0 spiro atoms. The van der Waals surface area contributed by atoms with Crippen LogP contribution in [-0.2, 0) is 10.2 Å². The van der Waals surface area contributed by atoms with E-state index in [1.54, 1.807) is 12.3 Å². The van der Waals surface area contributed by atoms with Gasteiger partial charge in [0.05, 0.1) is 0 Å². The number of benzene rings is 1. The molecule has 2 atom stereocenters. The summed E-state index contributed by atoms with van der Waals surface area (Å²) in [4.78, 5) is 26.7. The van der Waals surface area contributed by atoms with Crippen molar-refractivity contribution in [3.05, 3.63) is 47.7 Å². The number of carbonyl (C=O) groups is 2. The van der Waals surface area contributed by atoms with Crippen molar-refractivity contribution in [3.63, 3.8) is 0 Å². The number of aromatic nitrogens is 1. The van der Waals surface area contributed by atoms with Crippen molar-refractivity contribution in [2.24, 2.45) is 5.92 Å². The van der Waals surface area contributed by atoms with Gasteiger partial charge in [0.2, 0.25) is 0 Å². The number of aromatic carboxylic acids is 1. The summed E-state index contributed by atoms with van der Waals surface area (Å²) in [5, 5.41) is 16.3. The average molecular weight is 451 g/mol. The van der Waals surface area contributed by atoms with E-state index in [1.165, 1.54) is 18.5 Å². The van der Waals surface area contributed by atoms with Gasteiger partial charge in [-0.3, -0.25) is 4.90 Å². The molecule has 0 radical (unpaired) electrons. The molecule has 0 bridgehead atoms. The molecular formula is C22H24F3N3O4. The fraction of sp³-hybridized carbons (Fsp3) is 0.409. The van der Waals surface area contributed by atoms with E-state index in [4.69, 9.17) is 15.6 Å². The minimum absolute atomic E-state index is 0.0470. The second-order valence-corrected chi connectivity index (χ2v) is 8.42. The number of fused-ring (bicyclic) bond motifs is 1. The topological polar surface area (TPSA) is 117 Å². The summed E-state index contributed by atoms with van der Waals surface area (Å²) in [6, 6.07) is 10.7. The van der Waals surface area contributed by atoms with Gasteiger partial charge >= 0.3 is 18.1 Å². The van der Waals surface area contributed by atoms with Crippen LogP contribution in [0.2, 0.25) is 0 Å². The highest BCUT2D eigenvalue weighted by atomic mass is 19.4. The Bertz CT molecular complexity index is 1020. The first kappa shape index (κ1) is 23.5. The van der Waals surface area contributed by atoms with Gasteiger partial charge in [-0.25, -0.2) is 14.6 Å². The van der Waals surface area contributed by atoms with Crippen molar-refractivity contribution >= 4 is 17.8 Å². The van der Waals surface area contributed by atoms with Gasteiger partial charge in [0.25, 0.3) is 0 Å². The molecule has 1 aromatic carbocycles. The molecule has 32 heavy (non-hydrogen) atoms. The Morgan fingerprint density at radius 3 is 2.25 bits per heavy atom. The molecule has 2 aliphatic rings. The molecule has 172 valence electrons. The molecule has 1 saturated carbocycles. The van der Waals surface area contributed by atoms with E-state index in [0.717, 1.165) is 23.6 Å². The number of nitrogen functional groups attached to an aromatic ring is 1. The lowest BCUT2D eigenvalue weighted by Gasteiger charge is -2.24. The molecule has 0 amide bonds. The highest BCUT2D eigenvalue weighted by Crippen LogP contribution is 2.59. The lowest BCUT2D eigenvalue weighted by molar-refractivity contribution is -0.192.